The van der Waals surface area contributed by atoms with Crippen molar-refractivity contribution in [2.75, 3.05) is 12.0 Å². The minimum atomic E-state index is -3.30. The van der Waals surface area contributed by atoms with Gasteiger partial charge in [0.25, 0.3) is 0 Å². The number of amides is 2. The van der Waals surface area contributed by atoms with Gasteiger partial charge in [-0.15, -0.1) is 0 Å². The van der Waals surface area contributed by atoms with Gasteiger partial charge < -0.3 is 20.3 Å². The molecule has 1 rings (SSSR count). The quantitative estimate of drug-likeness (QED) is 0.625. The van der Waals surface area contributed by atoms with Gasteiger partial charge in [0, 0.05) is 12.3 Å². The van der Waals surface area contributed by atoms with Crippen LogP contribution in [0.2, 0.25) is 0 Å². The lowest BCUT2D eigenvalue weighted by Gasteiger charge is -2.14. The maximum absolute atomic E-state index is 11.6. The van der Waals surface area contributed by atoms with E-state index in [2.05, 4.69) is 15.8 Å². The lowest BCUT2D eigenvalue weighted by atomic mass is 10.2. The topological polar surface area (TPSA) is 139 Å². The molecule has 0 fully saturated rings. The predicted octanol–water partition coefficient (Wildman–Crippen LogP) is -0.330. The van der Waals surface area contributed by atoms with Crippen LogP contribution in [0.4, 0.5) is 4.79 Å². The van der Waals surface area contributed by atoms with Crippen molar-refractivity contribution < 1.29 is 27.6 Å². The molecule has 0 radical (unpaired) electrons. The van der Waals surface area contributed by atoms with E-state index < -0.39 is 27.9 Å². The lowest BCUT2D eigenvalue weighted by molar-refractivity contribution is -0.139. The van der Waals surface area contributed by atoms with Crippen LogP contribution in [-0.2, 0) is 21.2 Å². The Bertz CT molecular complexity index is 609. The first-order chi connectivity index (χ1) is 9.67. The summed E-state index contributed by atoms with van der Waals surface area (Å²) in [5, 5.41) is 17.2. The molecule has 0 aliphatic heterocycles. The molecule has 10 heteroatoms. The van der Waals surface area contributed by atoms with Crippen molar-refractivity contribution in [3.63, 3.8) is 0 Å². The van der Waals surface area contributed by atoms with Gasteiger partial charge in [-0.05, 0) is 13.3 Å². The number of urea groups is 1. The molecular formula is C11H17N3O6S. The van der Waals surface area contributed by atoms with Crippen LogP contribution >= 0.6 is 0 Å². The molecule has 1 heterocycles. The number of rotatable bonds is 7. The summed E-state index contributed by atoms with van der Waals surface area (Å²) in [5.74, 6) is -1.21. The van der Waals surface area contributed by atoms with Crippen LogP contribution in [0.25, 0.3) is 0 Å². The molecule has 9 nitrogen and oxygen atoms in total. The van der Waals surface area contributed by atoms with Crippen LogP contribution in [0, 0.1) is 6.92 Å². The molecule has 2 amide bonds. The molecule has 1 atom stereocenters. The molecule has 0 aromatic carbocycles. The number of carbonyl (C=O) groups excluding carboxylic acids is 1. The molecule has 0 aliphatic carbocycles. The van der Waals surface area contributed by atoms with E-state index >= 15 is 0 Å². The van der Waals surface area contributed by atoms with Gasteiger partial charge in [-0.1, -0.05) is 5.16 Å². The summed E-state index contributed by atoms with van der Waals surface area (Å²) in [7, 11) is -3.30. The van der Waals surface area contributed by atoms with E-state index in [-0.39, 0.29) is 18.7 Å². The Labute approximate surface area is 121 Å². The maximum Gasteiger partial charge on any atom is 0.326 e. The zero-order valence-corrected chi connectivity index (χ0v) is 12.4. The monoisotopic (exact) mass is 319 g/mol. The number of nitrogens with one attached hydrogen (secondary N) is 2. The minimum Gasteiger partial charge on any atom is -0.480 e. The van der Waals surface area contributed by atoms with E-state index in [1.807, 2.05) is 0 Å². The lowest BCUT2D eigenvalue weighted by Crippen LogP contribution is -2.46. The number of hydrogen-bond acceptors (Lipinski definition) is 6. The molecule has 118 valence electrons. The standard InChI is InChI=1S/C11H17N3O6S/c1-7-5-8(20-14-7)6-12-11(17)13-9(10(15)16)3-4-21(2,18)19/h5,9H,3-4,6H2,1-2H3,(H,15,16)(H2,12,13,17). The van der Waals surface area contributed by atoms with E-state index in [1.54, 1.807) is 13.0 Å². The normalized spacial score (nSPS) is 12.7. The zero-order valence-electron chi connectivity index (χ0n) is 11.6. The Hall–Kier alpha value is -2.10. The van der Waals surface area contributed by atoms with E-state index in [0.717, 1.165) is 6.26 Å². The Morgan fingerprint density at radius 2 is 2.14 bits per heavy atom. The molecule has 1 aromatic rings. The summed E-state index contributed by atoms with van der Waals surface area (Å²) in [6, 6.07) is -0.389. The highest BCUT2D eigenvalue weighted by Gasteiger charge is 2.21. The predicted molar refractivity (Wildman–Crippen MR) is 72.4 cm³/mol. The van der Waals surface area contributed by atoms with E-state index in [1.165, 1.54) is 0 Å². The van der Waals surface area contributed by atoms with Crippen molar-refractivity contribution >= 4 is 21.8 Å². The fourth-order valence-electron chi connectivity index (χ4n) is 1.47. The van der Waals surface area contributed by atoms with Crippen molar-refractivity contribution in [1.82, 2.24) is 15.8 Å². The number of nitrogens with zero attached hydrogens (tertiary/aromatic N) is 1. The smallest absolute Gasteiger partial charge is 0.326 e. The first-order valence-electron chi connectivity index (χ1n) is 6.04. The highest BCUT2D eigenvalue weighted by Crippen LogP contribution is 2.01. The Balaban J connectivity index is 2.47. The third-order valence-corrected chi connectivity index (χ3v) is 3.46. The van der Waals surface area contributed by atoms with Crippen LogP contribution in [0.15, 0.2) is 10.6 Å². The van der Waals surface area contributed by atoms with Gasteiger partial charge in [-0.25, -0.2) is 18.0 Å². The molecule has 21 heavy (non-hydrogen) atoms. The molecule has 0 saturated carbocycles. The summed E-state index contributed by atoms with van der Waals surface area (Å²) >= 11 is 0. The number of aliphatic carboxylic acids is 1. The minimum absolute atomic E-state index is 0.0467. The average Bonchev–Trinajstić information content (AvgIpc) is 2.76. The van der Waals surface area contributed by atoms with Gasteiger partial charge in [0.2, 0.25) is 0 Å². The van der Waals surface area contributed by atoms with Crippen molar-refractivity contribution in [3.05, 3.63) is 17.5 Å². The second kappa shape index (κ2) is 7.07. The number of hydrogen-bond donors (Lipinski definition) is 3. The number of carbonyl (C=O) groups is 2. The Morgan fingerprint density at radius 1 is 1.48 bits per heavy atom. The number of aryl methyl sites for hydroxylation is 1. The van der Waals surface area contributed by atoms with Crippen LogP contribution in [0.1, 0.15) is 17.9 Å². The largest absolute Gasteiger partial charge is 0.480 e. The second-order valence-electron chi connectivity index (χ2n) is 4.57. The van der Waals surface area contributed by atoms with Gasteiger partial charge in [0.15, 0.2) is 5.76 Å². The van der Waals surface area contributed by atoms with E-state index in [9.17, 15) is 18.0 Å². The van der Waals surface area contributed by atoms with Crippen molar-refractivity contribution in [3.8, 4) is 0 Å². The van der Waals surface area contributed by atoms with Crippen molar-refractivity contribution in [2.45, 2.75) is 25.9 Å². The third kappa shape index (κ3) is 6.75. The first kappa shape index (κ1) is 17.0. The SMILES string of the molecule is Cc1cc(CNC(=O)NC(CCS(C)(=O)=O)C(=O)O)on1. The molecule has 0 spiro atoms. The van der Waals surface area contributed by atoms with Gasteiger partial charge >= 0.3 is 12.0 Å². The second-order valence-corrected chi connectivity index (χ2v) is 6.83. The van der Waals surface area contributed by atoms with Crippen LogP contribution in [0.5, 0.6) is 0 Å². The molecule has 0 saturated heterocycles. The molecule has 3 N–H and O–H groups in total. The van der Waals surface area contributed by atoms with Gasteiger partial charge in [-0.2, -0.15) is 0 Å². The summed E-state index contributed by atoms with van der Waals surface area (Å²) in [4.78, 5) is 22.5. The van der Waals surface area contributed by atoms with Gasteiger partial charge in [0.05, 0.1) is 18.0 Å². The number of carboxylic acids is 1. The molecule has 0 aliphatic rings. The summed E-state index contributed by atoms with van der Waals surface area (Å²) in [6.07, 6.45) is 0.793. The van der Waals surface area contributed by atoms with Crippen molar-refractivity contribution in [1.29, 1.82) is 0 Å². The number of aromatic nitrogens is 1. The Kier molecular flexibility index (Phi) is 5.70. The van der Waals surface area contributed by atoms with Gasteiger partial charge in [-0.3, -0.25) is 0 Å². The van der Waals surface area contributed by atoms with Gasteiger partial charge in [0.1, 0.15) is 15.9 Å². The van der Waals surface area contributed by atoms with Crippen LogP contribution in [0.3, 0.4) is 0 Å². The summed E-state index contributed by atoms with van der Waals surface area (Å²) in [5.41, 5.74) is 0.656. The van der Waals surface area contributed by atoms with Crippen LogP contribution in [-0.4, -0.2) is 48.7 Å². The first-order valence-corrected chi connectivity index (χ1v) is 8.10. The molecule has 1 aromatic heterocycles. The fraction of sp³-hybridized carbons (Fsp3) is 0.545. The molecular weight excluding hydrogens is 302 g/mol. The van der Waals surface area contributed by atoms with Crippen molar-refractivity contribution in [2.24, 2.45) is 0 Å². The number of carboxylic acid groups (broad SMARTS) is 1. The summed E-state index contributed by atoms with van der Waals surface area (Å²) < 4.78 is 26.9. The highest BCUT2D eigenvalue weighted by molar-refractivity contribution is 7.90. The maximum atomic E-state index is 11.6. The third-order valence-electron chi connectivity index (χ3n) is 2.48. The highest BCUT2D eigenvalue weighted by atomic mass is 32.2. The zero-order chi connectivity index (χ0) is 16.0. The fourth-order valence-corrected chi connectivity index (χ4v) is 2.13. The van der Waals surface area contributed by atoms with E-state index in [4.69, 9.17) is 9.63 Å². The summed E-state index contributed by atoms with van der Waals surface area (Å²) in [6.45, 7) is 1.77. The molecule has 1 unspecified atom stereocenters. The Morgan fingerprint density at radius 3 is 2.62 bits per heavy atom. The number of sulfone groups is 1. The van der Waals surface area contributed by atoms with Crippen LogP contribution < -0.4 is 10.6 Å². The van der Waals surface area contributed by atoms with E-state index in [0.29, 0.717) is 11.5 Å². The average molecular weight is 319 g/mol. The molecule has 0 bridgehead atoms.